The van der Waals surface area contributed by atoms with E-state index in [4.69, 9.17) is 9.84 Å². The lowest BCUT2D eigenvalue weighted by Gasteiger charge is -2.13. The van der Waals surface area contributed by atoms with Gasteiger partial charge in [-0.15, -0.1) is 0 Å². The van der Waals surface area contributed by atoms with Crippen LogP contribution in [-0.4, -0.2) is 35.6 Å². The molecule has 0 aliphatic rings. The van der Waals surface area contributed by atoms with E-state index < -0.39 is 23.9 Å². The van der Waals surface area contributed by atoms with Gasteiger partial charge in [0.05, 0.1) is 13.0 Å². The number of rotatable bonds is 6. The molecule has 0 spiro atoms. The van der Waals surface area contributed by atoms with Gasteiger partial charge in [-0.3, -0.25) is 9.59 Å². The Morgan fingerprint density at radius 2 is 1.88 bits per heavy atom. The SMILES string of the molecule is CC(=O)N[C@@H](CC(=O)OCC(C)C)C(=O)O. The van der Waals surface area contributed by atoms with Crippen LogP contribution in [0.15, 0.2) is 0 Å². The molecule has 6 nitrogen and oxygen atoms in total. The third-order valence-electron chi connectivity index (χ3n) is 1.62. The number of carbonyl (C=O) groups excluding carboxylic acids is 2. The van der Waals surface area contributed by atoms with Crippen LogP contribution in [0.3, 0.4) is 0 Å². The highest BCUT2D eigenvalue weighted by Crippen LogP contribution is 1.99. The molecule has 92 valence electrons. The number of nitrogens with one attached hydrogen (secondary N) is 1. The van der Waals surface area contributed by atoms with Crippen molar-refractivity contribution in [2.75, 3.05) is 6.61 Å². The summed E-state index contributed by atoms with van der Waals surface area (Å²) in [5.41, 5.74) is 0. The maximum atomic E-state index is 11.2. The molecule has 16 heavy (non-hydrogen) atoms. The van der Waals surface area contributed by atoms with Gasteiger partial charge in [-0.1, -0.05) is 13.8 Å². The molecule has 0 heterocycles. The van der Waals surface area contributed by atoms with Crippen molar-refractivity contribution >= 4 is 17.8 Å². The zero-order valence-electron chi connectivity index (χ0n) is 9.65. The van der Waals surface area contributed by atoms with E-state index in [-0.39, 0.29) is 18.9 Å². The summed E-state index contributed by atoms with van der Waals surface area (Å²) >= 11 is 0. The second kappa shape index (κ2) is 6.81. The van der Waals surface area contributed by atoms with Crippen molar-refractivity contribution in [3.05, 3.63) is 0 Å². The molecule has 0 aliphatic heterocycles. The first-order valence-corrected chi connectivity index (χ1v) is 4.98. The first-order chi connectivity index (χ1) is 7.32. The fourth-order valence-electron chi connectivity index (χ4n) is 0.931. The molecule has 1 amide bonds. The number of carboxylic acids is 1. The predicted molar refractivity (Wildman–Crippen MR) is 55.7 cm³/mol. The van der Waals surface area contributed by atoms with Crippen LogP contribution in [0, 0.1) is 5.92 Å². The summed E-state index contributed by atoms with van der Waals surface area (Å²) < 4.78 is 4.81. The highest BCUT2D eigenvalue weighted by Gasteiger charge is 2.22. The Kier molecular flexibility index (Phi) is 6.14. The summed E-state index contributed by atoms with van der Waals surface area (Å²) in [6, 6.07) is -1.22. The summed E-state index contributed by atoms with van der Waals surface area (Å²) in [7, 11) is 0. The fraction of sp³-hybridized carbons (Fsp3) is 0.700. The van der Waals surface area contributed by atoms with Gasteiger partial charge in [0.2, 0.25) is 5.91 Å². The van der Waals surface area contributed by atoms with E-state index in [1.165, 1.54) is 6.92 Å². The second-order valence-corrected chi connectivity index (χ2v) is 3.87. The van der Waals surface area contributed by atoms with Crippen LogP contribution in [0.1, 0.15) is 27.2 Å². The molecular formula is C10H17NO5. The van der Waals surface area contributed by atoms with Gasteiger partial charge in [0.15, 0.2) is 0 Å². The third kappa shape index (κ3) is 6.80. The Balaban J connectivity index is 4.13. The van der Waals surface area contributed by atoms with Gasteiger partial charge >= 0.3 is 11.9 Å². The van der Waals surface area contributed by atoms with Gasteiger partial charge in [0, 0.05) is 6.92 Å². The van der Waals surface area contributed by atoms with Gasteiger partial charge in [-0.05, 0) is 5.92 Å². The van der Waals surface area contributed by atoms with E-state index >= 15 is 0 Å². The number of carbonyl (C=O) groups is 3. The number of ether oxygens (including phenoxy) is 1. The average molecular weight is 231 g/mol. The van der Waals surface area contributed by atoms with Crippen LogP contribution in [0.4, 0.5) is 0 Å². The highest BCUT2D eigenvalue weighted by atomic mass is 16.5. The highest BCUT2D eigenvalue weighted by molar-refractivity contribution is 5.86. The van der Waals surface area contributed by atoms with Crippen molar-refractivity contribution in [2.24, 2.45) is 5.92 Å². The standard InChI is InChI=1S/C10H17NO5/c1-6(2)5-16-9(13)4-8(10(14)15)11-7(3)12/h6,8H,4-5H2,1-3H3,(H,11,12)(H,14,15)/t8-/m0/s1. The molecule has 0 saturated carbocycles. The number of hydrogen-bond donors (Lipinski definition) is 2. The van der Waals surface area contributed by atoms with Crippen molar-refractivity contribution in [2.45, 2.75) is 33.2 Å². The van der Waals surface area contributed by atoms with Crippen LogP contribution < -0.4 is 5.32 Å². The molecule has 0 saturated heterocycles. The van der Waals surface area contributed by atoms with E-state index in [2.05, 4.69) is 5.32 Å². The smallest absolute Gasteiger partial charge is 0.326 e. The Labute approximate surface area is 94.0 Å². The molecule has 1 atom stereocenters. The Bertz CT molecular complexity index is 274. The largest absolute Gasteiger partial charge is 0.480 e. The van der Waals surface area contributed by atoms with Crippen LogP contribution >= 0.6 is 0 Å². The lowest BCUT2D eigenvalue weighted by Crippen LogP contribution is -2.41. The number of carboxylic acid groups (broad SMARTS) is 1. The quantitative estimate of drug-likeness (QED) is 0.635. The Morgan fingerprint density at radius 1 is 1.31 bits per heavy atom. The summed E-state index contributed by atoms with van der Waals surface area (Å²) in [6.07, 6.45) is -0.359. The second-order valence-electron chi connectivity index (χ2n) is 3.87. The van der Waals surface area contributed by atoms with E-state index in [0.717, 1.165) is 0 Å². The Hall–Kier alpha value is -1.59. The molecule has 0 bridgehead atoms. The minimum Gasteiger partial charge on any atom is -0.480 e. The summed E-state index contributed by atoms with van der Waals surface area (Å²) in [5.74, 6) is -2.19. The van der Waals surface area contributed by atoms with E-state index in [9.17, 15) is 14.4 Å². The summed E-state index contributed by atoms with van der Waals surface area (Å²) in [5, 5.41) is 10.9. The topological polar surface area (TPSA) is 92.7 Å². The average Bonchev–Trinajstić information content (AvgIpc) is 2.12. The molecule has 0 aromatic heterocycles. The normalized spacial score (nSPS) is 12.0. The van der Waals surface area contributed by atoms with Gasteiger partial charge < -0.3 is 15.2 Å². The molecule has 0 aromatic carbocycles. The summed E-state index contributed by atoms with van der Waals surface area (Å²) in [6.45, 7) is 5.17. The van der Waals surface area contributed by atoms with E-state index in [1.54, 1.807) is 0 Å². The first kappa shape index (κ1) is 14.4. The van der Waals surface area contributed by atoms with Crippen LogP contribution in [0.2, 0.25) is 0 Å². The van der Waals surface area contributed by atoms with Crippen molar-refractivity contribution < 1.29 is 24.2 Å². The molecule has 6 heteroatoms. The minimum absolute atomic E-state index is 0.188. The monoisotopic (exact) mass is 231 g/mol. The lowest BCUT2D eigenvalue weighted by atomic mass is 10.2. The van der Waals surface area contributed by atoms with E-state index in [0.29, 0.717) is 0 Å². The number of aliphatic carboxylic acids is 1. The Morgan fingerprint density at radius 3 is 2.25 bits per heavy atom. The molecule has 0 aliphatic carbocycles. The molecule has 0 radical (unpaired) electrons. The maximum absolute atomic E-state index is 11.2. The molecule has 2 N–H and O–H groups in total. The molecule has 0 fully saturated rings. The van der Waals surface area contributed by atoms with Crippen molar-refractivity contribution in [1.82, 2.24) is 5.32 Å². The number of esters is 1. The first-order valence-electron chi connectivity index (χ1n) is 4.98. The van der Waals surface area contributed by atoms with Crippen molar-refractivity contribution in [1.29, 1.82) is 0 Å². The minimum atomic E-state index is -1.25. The molecular weight excluding hydrogens is 214 g/mol. The fourth-order valence-corrected chi connectivity index (χ4v) is 0.931. The number of hydrogen-bond acceptors (Lipinski definition) is 4. The zero-order valence-corrected chi connectivity index (χ0v) is 9.65. The van der Waals surface area contributed by atoms with E-state index in [1.807, 2.05) is 13.8 Å². The third-order valence-corrected chi connectivity index (χ3v) is 1.62. The molecule has 0 unspecified atom stereocenters. The molecule has 0 aromatic rings. The lowest BCUT2D eigenvalue weighted by molar-refractivity contribution is -0.151. The van der Waals surface area contributed by atoms with Gasteiger partial charge in [-0.2, -0.15) is 0 Å². The van der Waals surface area contributed by atoms with Gasteiger partial charge in [0.1, 0.15) is 6.04 Å². The van der Waals surface area contributed by atoms with Crippen molar-refractivity contribution in [3.63, 3.8) is 0 Å². The van der Waals surface area contributed by atoms with Gasteiger partial charge in [0.25, 0.3) is 0 Å². The van der Waals surface area contributed by atoms with Crippen molar-refractivity contribution in [3.8, 4) is 0 Å². The predicted octanol–water partition coefficient (Wildman–Crippen LogP) is 0.165. The van der Waals surface area contributed by atoms with Gasteiger partial charge in [-0.25, -0.2) is 4.79 Å². The number of amides is 1. The van der Waals surface area contributed by atoms with Crippen LogP contribution in [0.25, 0.3) is 0 Å². The maximum Gasteiger partial charge on any atom is 0.326 e. The van der Waals surface area contributed by atoms with Crippen LogP contribution in [0.5, 0.6) is 0 Å². The summed E-state index contributed by atoms with van der Waals surface area (Å²) in [4.78, 5) is 32.6. The zero-order chi connectivity index (χ0) is 12.7. The molecule has 0 rings (SSSR count). The van der Waals surface area contributed by atoms with Crippen LogP contribution in [-0.2, 0) is 19.1 Å².